The molecule has 0 bridgehead atoms. The molecule has 2 aromatic carbocycles. The lowest BCUT2D eigenvalue weighted by Crippen LogP contribution is -2.35. The van der Waals surface area contributed by atoms with Crippen molar-refractivity contribution >= 4 is 29.1 Å². The first-order chi connectivity index (χ1) is 10.7. The molecule has 1 aliphatic heterocycles. The second-order valence-electron chi connectivity index (χ2n) is 5.18. The summed E-state index contributed by atoms with van der Waals surface area (Å²) < 4.78 is 0. The van der Waals surface area contributed by atoms with Gasteiger partial charge in [-0.2, -0.15) is 0 Å². The number of anilines is 1. The van der Waals surface area contributed by atoms with E-state index < -0.39 is 0 Å². The molecule has 2 N–H and O–H groups in total. The van der Waals surface area contributed by atoms with Crippen LogP contribution in [0.25, 0.3) is 0 Å². The van der Waals surface area contributed by atoms with Crippen molar-refractivity contribution in [3.63, 3.8) is 0 Å². The number of carbonyl (C=O) groups is 2. The minimum absolute atomic E-state index is 0.0169. The van der Waals surface area contributed by atoms with E-state index in [4.69, 9.17) is 11.6 Å². The summed E-state index contributed by atoms with van der Waals surface area (Å²) in [7, 11) is 0. The number of halogens is 1. The predicted molar refractivity (Wildman–Crippen MR) is 85.9 cm³/mol. The van der Waals surface area contributed by atoms with Gasteiger partial charge in [0, 0.05) is 5.69 Å². The van der Waals surface area contributed by atoms with Crippen LogP contribution in [0.3, 0.4) is 0 Å². The molecule has 0 fully saturated rings. The van der Waals surface area contributed by atoms with Crippen LogP contribution in [-0.2, 0) is 16.0 Å². The molecule has 4 nitrogen and oxygen atoms in total. The molecule has 1 aliphatic rings. The normalized spacial score (nSPS) is 16.6. The highest BCUT2D eigenvalue weighted by Gasteiger charge is 2.25. The van der Waals surface area contributed by atoms with Gasteiger partial charge >= 0.3 is 0 Å². The Morgan fingerprint density at radius 1 is 1.18 bits per heavy atom. The first-order valence-electron chi connectivity index (χ1n) is 7.00. The van der Waals surface area contributed by atoms with Crippen molar-refractivity contribution in [2.24, 2.45) is 0 Å². The smallest absolute Gasteiger partial charge is 0.239 e. The number of benzene rings is 2. The highest BCUT2D eigenvalue weighted by atomic mass is 35.5. The van der Waals surface area contributed by atoms with Crippen LogP contribution in [0.4, 0.5) is 5.69 Å². The fourth-order valence-electron chi connectivity index (χ4n) is 2.66. The molecule has 1 heterocycles. The molecule has 0 aromatic heterocycles. The summed E-state index contributed by atoms with van der Waals surface area (Å²) >= 11 is 5.47. The van der Waals surface area contributed by atoms with Crippen LogP contribution in [-0.4, -0.2) is 17.7 Å². The summed E-state index contributed by atoms with van der Waals surface area (Å²) in [5, 5.41) is 5.70. The van der Waals surface area contributed by atoms with Gasteiger partial charge in [-0.3, -0.25) is 9.59 Å². The van der Waals surface area contributed by atoms with Crippen LogP contribution in [0, 0.1) is 0 Å². The fourth-order valence-corrected chi connectivity index (χ4v) is 2.72. The summed E-state index contributed by atoms with van der Waals surface area (Å²) in [4.78, 5) is 23.2. The molecule has 3 rings (SSSR count). The Morgan fingerprint density at radius 3 is 2.64 bits per heavy atom. The van der Waals surface area contributed by atoms with E-state index in [1.807, 2.05) is 48.5 Å². The summed E-state index contributed by atoms with van der Waals surface area (Å²) in [5.41, 5.74) is 3.82. The van der Waals surface area contributed by atoms with Gasteiger partial charge in [0.15, 0.2) is 0 Å². The van der Waals surface area contributed by atoms with Gasteiger partial charge in [0.25, 0.3) is 0 Å². The molecule has 22 heavy (non-hydrogen) atoms. The number of rotatable bonds is 3. The van der Waals surface area contributed by atoms with Crippen LogP contribution in [0.2, 0.25) is 0 Å². The van der Waals surface area contributed by atoms with Gasteiger partial charge in [-0.15, -0.1) is 11.6 Å². The van der Waals surface area contributed by atoms with Crippen LogP contribution < -0.4 is 10.6 Å². The average Bonchev–Trinajstić information content (AvgIpc) is 2.54. The minimum Gasteiger partial charge on any atom is -0.345 e. The Balaban J connectivity index is 1.88. The van der Waals surface area contributed by atoms with Crippen molar-refractivity contribution in [1.82, 2.24) is 5.32 Å². The van der Waals surface area contributed by atoms with Crippen molar-refractivity contribution < 1.29 is 9.59 Å². The average molecular weight is 315 g/mol. The second kappa shape index (κ2) is 6.20. The van der Waals surface area contributed by atoms with E-state index in [0.29, 0.717) is 12.1 Å². The Bertz CT molecular complexity index is 713. The third kappa shape index (κ3) is 2.97. The quantitative estimate of drug-likeness (QED) is 0.856. The lowest BCUT2D eigenvalue weighted by Gasteiger charge is -2.27. The van der Waals surface area contributed by atoms with E-state index in [2.05, 4.69) is 10.6 Å². The maximum absolute atomic E-state index is 11.9. The summed E-state index contributed by atoms with van der Waals surface area (Å²) in [5.74, 6) is -0.303. The molecule has 0 saturated heterocycles. The predicted octanol–water partition coefficient (Wildman–Crippen LogP) is 2.63. The lowest BCUT2D eigenvalue weighted by atomic mass is 9.89. The largest absolute Gasteiger partial charge is 0.345 e. The van der Waals surface area contributed by atoms with Gasteiger partial charge in [0.05, 0.1) is 12.5 Å². The Hall–Kier alpha value is -2.33. The van der Waals surface area contributed by atoms with E-state index in [0.717, 1.165) is 16.7 Å². The second-order valence-corrected chi connectivity index (χ2v) is 5.45. The summed E-state index contributed by atoms with van der Waals surface area (Å²) in [6, 6.07) is 15.2. The zero-order valence-electron chi connectivity index (χ0n) is 11.8. The van der Waals surface area contributed by atoms with E-state index >= 15 is 0 Å². The number of hydrogen-bond donors (Lipinski definition) is 2. The van der Waals surface area contributed by atoms with Gasteiger partial charge in [-0.05, 0) is 28.8 Å². The topological polar surface area (TPSA) is 58.2 Å². The number of hydrogen-bond acceptors (Lipinski definition) is 2. The third-order valence-electron chi connectivity index (χ3n) is 3.67. The van der Waals surface area contributed by atoms with Gasteiger partial charge in [0.2, 0.25) is 11.8 Å². The van der Waals surface area contributed by atoms with Crippen molar-refractivity contribution in [2.45, 2.75) is 12.5 Å². The monoisotopic (exact) mass is 314 g/mol. The molecule has 1 atom stereocenters. The van der Waals surface area contributed by atoms with E-state index in [1.54, 1.807) is 0 Å². The molecule has 112 valence electrons. The Kier molecular flexibility index (Phi) is 4.11. The number of amides is 2. The zero-order chi connectivity index (χ0) is 15.5. The lowest BCUT2D eigenvalue weighted by molar-refractivity contribution is -0.121. The number of carbonyl (C=O) groups excluding carboxylic acids is 2. The van der Waals surface area contributed by atoms with E-state index in [-0.39, 0.29) is 23.7 Å². The van der Waals surface area contributed by atoms with Gasteiger partial charge in [-0.1, -0.05) is 36.4 Å². The van der Waals surface area contributed by atoms with Crippen LogP contribution in [0.5, 0.6) is 0 Å². The first-order valence-corrected chi connectivity index (χ1v) is 7.54. The van der Waals surface area contributed by atoms with E-state index in [9.17, 15) is 9.59 Å². The standard InChI is InChI=1S/C17H15ClN2O2/c18-10-16(22)19-13-7-5-11(6-8-13)17-14-4-2-1-3-12(14)9-15(21)20-17/h1-8,17H,9-10H2,(H,19,22)(H,20,21)/t17-/m1/s1. The number of fused-ring (bicyclic) bond motifs is 1. The Morgan fingerprint density at radius 2 is 1.91 bits per heavy atom. The highest BCUT2D eigenvalue weighted by Crippen LogP contribution is 2.29. The molecule has 0 radical (unpaired) electrons. The fraction of sp³-hybridized carbons (Fsp3) is 0.176. The minimum atomic E-state index is -0.245. The molecule has 0 saturated carbocycles. The maximum atomic E-state index is 11.9. The molecule has 2 amide bonds. The SMILES string of the molecule is O=C(CCl)Nc1ccc([C@H]2NC(=O)Cc3ccccc32)cc1. The Labute approximate surface area is 133 Å². The molecular formula is C17H15ClN2O2. The van der Waals surface area contributed by atoms with Crippen molar-refractivity contribution in [2.75, 3.05) is 11.2 Å². The third-order valence-corrected chi connectivity index (χ3v) is 3.91. The van der Waals surface area contributed by atoms with Crippen molar-refractivity contribution in [3.8, 4) is 0 Å². The number of alkyl halides is 1. The molecule has 2 aromatic rings. The van der Waals surface area contributed by atoms with Gasteiger partial charge < -0.3 is 10.6 Å². The van der Waals surface area contributed by atoms with Gasteiger partial charge in [0.1, 0.15) is 5.88 Å². The van der Waals surface area contributed by atoms with Crippen LogP contribution >= 0.6 is 11.6 Å². The molecule has 0 spiro atoms. The first kappa shape index (κ1) is 14.6. The molecule has 0 aliphatic carbocycles. The van der Waals surface area contributed by atoms with Crippen LogP contribution in [0.1, 0.15) is 22.7 Å². The number of nitrogens with one attached hydrogen (secondary N) is 2. The van der Waals surface area contributed by atoms with Crippen LogP contribution in [0.15, 0.2) is 48.5 Å². The van der Waals surface area contributed by atoms with E-state index in [1.165, 1.54) is 0 Å². The maximum Gasteiger partial charge on any atom is 0.239 e. The highest BCUT2D eigenvalue weighted by molar-refractivity contribution is 6.29. The van der Waals surface area contributed by atoms with Gasteiger partial charge in [-0.25, -0.2) is 0 Å². The molecule has 5 heteroatoms. The van der Waals surface area contributed by atoms with Crippen molar-refractivity contribution in [1.29, 1.82) is 0 Å². The molecular weight excluding hydrogens is 300 g/mol. The molecule has 0 unspecified atom stereocenters. The zero-order valence-corrected chi connectivity index (χ0v) is 12.6. The summed E-state index contributed by atoms with van der Waals surface area (Å²) in [6.07, 6.45) is 0.413. The van der Waals surface area contributed by atoms with Crippen molar-refractivity contribution in [3.05, 3.63) is 65.2 Å². The summed E-state index contributed by atoms with van der Waals surface area (Å²) in [6.45, 7) is 0.